The van der Waals surface area contributed by atoms with Crippen LogP contribution < -0.4 is 10.6 Å². The fraction of sp³-hybridized carbons (Fsp3) is 0.436. The van der Waals surface area contributed by atoms with E-state index in [1.807, 2.05) is 30.3 Å². The van der Waals surface area contributed by atoms with Crippen molar-refractivity contribution < 1.29 is 41.0 Å². The van der Waals surface area contributed by atoms with Crippen LogP contribution in [0.25, 0.3) is 22.0 Å². The predicted octanol–water partition coefficient (Wildman–Crippen LogP) is 7.94. The van der Waals surface area contributed by atoms with Gasteiger partial charge in [-0.25, -0.2) is 23.2 Å². The molecular weight excluding hydrogens is 746 g/mol. The van der Waals surface area contributed by atoms with Gasteiger partial charge in [-0.15, -0.1) is 11.8 Å². The van der Waals surface area contributed by atoms with E-state index in [0.29, 0.717) is 6.07 Å². The molecule has 7 rings (SSSR count). The maximum Gasteiger partial charge on any atom is 0.417 e. The Morgan fingerprint density at radius 1 is 0.945 bits per heavy atom. The molecule has 0 N–H and O–H groups in total. The Labute approximate surface area is 318 Å². The van der Waals surface area contributed by atoms with Gasteiger partial charge in [0.2, 0.25) is 0 Å². The minimum atomic E-state index is -5.00. The highest BCUT2D eigenvalue weighted by Gasteiger charge is 2.49. The summed E-state index contributed by atoms with van der Waals surface area (Å²) in [7, 11) is 0. The standard InChI is InChI=1S/C39H40F5N5O5S/c1-22-15-46(16-23(2)49(22)36(52)54-37(3,4)5)33-27-14-28(39(42,43)44)30(26-12-11-25(40)13-29(26)41)32-31(27)48(34(50)45-33)20-38(21-55-32)18-47(19-38)35(51)53-17-24-9-7-6-8-10-24/h6-14,22-23H,15-21H2,1-5H3/t22-,23+. The lowest BCUT2D eigenvalue weighted by molar-refractivity contribution is -0.137. The molecule has 1 spiro atoms. The molecule has 0 radical (unpaired) electrons. The lowest BCUT2D eigenvalue weighted by atomic mass is 9.81. The molecular formula is C39H40F5N5O5S. The number of benzene rings is 3. The summed E-state index contributed by atoms with van der Waals surface area (Å²) in [5, 5.41) is 0.0151. The Morgan fingerprint density at radius 3 is 2.24 bits per heavy atom. The van der Waals surface area contributed by atoms with Crippen LogP contribution in [0.5, 0.6) is 0 Å². The summed E-state index contributed by atoms with van der Waals surface area (Å²) in [4.78, 5) is 49.5. The number of thioether (sulfide) groups is 1. The summed E-state index contributed by atoms with van der Waals surface area (Å²) in [6, 6.07) is 11.4. The van der Waals surface area contributed by atoms with Crippen molar-refractivity contribution in [1.82, 2.24) is 19.4 Å². The Bertz CT molecular complexity index is 2210. The zero-order valence-corrected chi connectivity index (χ0v) is 31.7. The highest BCUT2D eigenvalue weighted by atomic mass is 32.2. The van der Waals surface area contributed by atoms with Crippen LogP contribution in [0.15, 0.2) is 64.3 Å². The predicted molar refractivity (Wildman–Crippen MR) is 197 cm³/mol. The first-order chi connectivity index (χ1) is 25.8. The summed E-state index contributed by atoms with van der Waals surface area (Å²) in [6.07, 6.45) is -6.12. The number of rotatable bonds is 4. The van der Waals surface area contributed by atoms with E-state index in [1.165, 1.54) is 9.47 Å². The molecule has 4 heterocycles. The summed E-state index contributed by atoms with van der Waals surface area (Å²) in [5.74, 6) is -1.99. The lowest BCUT2D eigenvalue weighted by Gasteiger charge is -2.48. The second-order valence-corrected chi connectivity index (χ2v) is 16.6. The molecule has 292 valence electrons. The minimum Gasteiger partial charge on any atom is -0.445 e. The lowest BCUT2D eigenvalue weighted by Crippen LogP contribution is -2.62. The second kappa shape index (κ2) is 14.0. The van der Waals surface area contributed by atoms with Crippen LogP contribution in [0.1, 0.15) is 45.7 Å². The van der Waals surface area contributed by atoms with Gasteiger partial charge in [0.15, 0.2) is 0 Å². The SMILES string of the molecule is C[C@@H]1CN(c2nc(=O)n3c4c(c(-c5ccc(F)cc5F)c(C(F)(F)F)cc24)SCC2(CN(C(=O)OCc4ccccc4)C2)C3)C[C@H](C)N1C(=O)OC(C)(C)C. The van der Waals surface area contributed by atoms with E-state index < -0.39 is 75.5 Å². The third kappa shape index (κ3) is 7.44. The van der Waals surface area contributed by atoms with Crippen LogP contribution >= 0.6 is 11.8 Å². The van der Waals surface area contributed by atoms with E-state index in [0.717, 1.165) is 35.5 Å². The number of likely N-dealkylation sites (tertiary alicyclic amines) is 1. The number of ether oxygens (including phenoxy) is 2. The minimum absolute atomic E-state index is 0.00653. The number of halogens is 5. The largest absolute Gasteiger partial charge is 0.445 e. The Hall–Kier alpha value is -4.86. The molecule has 0 aliphatic carbocycles. The smallest absolute Gasteiger partial charge is 0.417 e. The number of amides is 2. The van der Waals surface area contributed by atoms with Crippen molar-refractivity contribution in [3.05, 3.63) is 87.8 Å². The number of hydrogen-bond donors (Lipinski definition) is 0. The zero-order chi connectivity index (χ0) is 39.6. The molecule has 2 saturated heterocycles. The first kappa shape index (κ1) is 38.4. The van der Waals surface area contributed by atoms with E-state index in [4.69, 9.17) is 9.47 Å². The normalized spacial score (nSPS) is 19.6. The summed E-state index contributed by atoms with van der Waals surface area (Å²) in [5.41, 5.74) is -3.51. The first-order valence-corrected chi connectivity index (χ1v) is 18.8. The van der Waals surface area contributed by atoms with Gasteiger partial charge in [0.05, 0.1) is 23.2 Å². The van der Waals surface area contributed by atoms with Crippen molar-refractivity contribution in [2.75, 3.05) is 36.8 Å². The maximum atomic E-state index is 15.5. The number of hydrogen-bond acceptors (Lipinski definition) is 8. The number of aromatic nitrogens is 2. The number of nitrogens with zero attached hydrogens (tertiary/aromatic N) is 5. The zero-order valence-electron chi connectivity index (χ0n) is 30.9. The summed E-state index contributed by atoms with van der Waals surface area (Å²) in [6.45, 7) is 9.38. The van der Waals surface area contributed by atoms with Gasteiger partial charge in [0, 0.05) is 71.4 Å². The Kier molecular flexibility index (Phi) is 9.79. The fourth-order valence-corrected chi connectivity index (χ4v) is 9.22. The summed E-state index contributed by atoms with van der Waals surface area (Å²) >= 11 is 1.03. The molecule has 0 unspecified atom stereocenters. The molecule has 0 bridgehead atoms. The second-order valence-electron chi connectivity index (χ2n) is 15.6. The average Bonchev–Trinajstić information content (AvgIpc) is 3.26. The molecule has 3 aliphatic rings. The van der Waals surface area contributed by atoms with Gasteiger partial charge in [-0.05, 0) is 58.4 Å². The Balaban J connectivity index is 1.32. The molecule has 2 atom stereocenters. The van der Waals surface area contributed by atoms with Crippen LogP contribution in [-0.2, 0) is 28.8 Å². The average molecular weight is 786 g/mol. The van der Waals surface area contributed by atoms with Crippen LogP contribution in [0.4, 0.5) is 37.4 Å². The first-order valence-electron chi connectivity index (χ1n) is 17.8. The van der Waals surface area contributed by atoms with Crippen molar-refractivity contribution >= 4 is 40.7 Å². The number of carbonyl (C=O) groups is 2. The molecule has 3 aliphatic heterocycles. The maximum absolute atomic E-state index is 15.5. The van der Waals surface area contributed by atoms with Gasteiger partial charge in [-0.3, -0.25) is 9.47 Å². The van der Waals surface area contributed by atoms with Crippen LogP contribution in [0.3, 0.4) is 0 Å². The van der Waals surface area contributed by atoms with Gasteiger partial charge in [0.1, 0.15) is 29.7 Å². The third-order valence-electron chi connectivity index (χ3n) is 10.1. The van der Waals surface area contributed by atoms with Gasteiger partial charge < -0.3 is 19.3 Å². The van der Waals surface area contributed by atoms with Gasteiger partial charge >= 0.3 is 24.1 Å². The number of alkyl halides is 3. The van der Waals surface area contributed by atoms with Gasteiger partial charge in [-0.2, -0.15) is 18.2 Å². The molecule has 2 fully saturated rings. The number of piperazine rings is 1. The molecule has 3 aromatic carbocycles. The number of carbonyl (C=O) groups excluding carboxylic acids is 2. The van der Waals surface area contributed by atoms with Crippen molar-refractivity contribution in [3.63, 3.8) is 0 Å². The highest BCUT2D eigenvalue weighted by molar-refractivity contribution is 7.99. The molecule has 0 saturated carbocycles. The Morgan fingerprint density at radius 2 is 1.62 bits per heavy atom. The number of anilines is 1. The monoisotopic (exact) mass is 785 g/mol. The van der Waals surface area contributed by atoms with E-state index in [-0.39, 0.29) is 66.7 Å². The molecule has 16 heteroatoms. The quantitative estimate of drug-likeness (QED) is 0.193. The van der Waals surface area contributed by atoms with Crippen molar-refractivity contribution in [2.24, 2.45) is 5.41 Å². The van der Waals surface area contributed by atoms with Gasteiger partial charge in [-0.1, -0.05) is 30.3 Å². The van der Waals surface area contributed by atoms with Crippen molar-refractivity contribution in [3.8, 4) is 11.1 Å². The fourth-order valence-electron chi connectivity index (χ4n) is 7.78. The molecule has 2 amide bonds. The topological polar surface area (TPSA) is 97.2 Å². The molecule has 1 aromatic heterocycles. The van der Waals surface area contributed by atoms with Crippen molar-refractivity contribution in [1.29, 1.82) is 0 Å². The molecule has 4 aromatic rings. The summed E-state index contributed by atoms with van der Waals surface area (Å²) < 4.78 is 87.7. The van der Waals surface area contributed by atoms with E-state index >= 15 is 17.6 Å². The third-order valence-corrected chi connectivity index (χ3v) is 11.5. The molecule has 55 heavy (non-hydrogen) atoms. The molecule has 10 nitrogen and oxygen atoms in total. The van der Waals surface area contributed by atoms with Crippen LogP contribution in [0, 0.1) is 17.0 Å². The van der Waals surface area contributed by atoms with E-state index in [9.17, 15) is 18.8 Å². The van der Waals surface area contributed by atoms with E-state index in [2.05, 4.69) is 4.98 Å². The van der Waals surface area contributed by atoms with Crippen LogP contribution in [-0.4, -0.2) is 81.2 Å². The van der Waals surface area contributed by atoms with E-state index in [1.54, 1.807) is 44.4 Å². The van der Waals surface area contributed by atoms with Gasteiger partial charge in [0.25, 0.3) is 0 Å². The van der Waals surface area contributed by atoms with Crippen molar-refractivity contribution in [2.45, 2.75) is 76.5 Å². The van der Waals surface area contributed by atoms with Crippen LogP contribution in [0.2, 0.25) is 0 Å². The highest BCUT2D eigenvalue weighted by Crippen LogP contribution is 2.52.